The largest absolute Gasteiger partial charge is 0.272 e. The molecule has 0 N–H and O–H groups in total. The van der Waals surface area contributed by atoms with Crippen molar-refractivity contribution in [2.45, 2.75) is 20.4 Å². The van der Waals surface area contributed by atoms with Gasteiger partial charge in [-0.15, -0.1) is 0 Å². The average Bonchev–Trinajstić information content (AvgIpc) is 2.66. The smallest absolute Gasteiger partial charge is 0.0568 e. The number of hydrogen-bond acceptors (Lipinski definition) is 1. The zero-order valence-electron chi connectivity index (χ0n) is 9.52. The third-order valence-corrected chi connectivity index (χ3v) is 2.70. The molecule has 0 radical (unpaired) electrons. The summed E-state index contributed by atoms with van der Waals surface area (Å²) in [7, 11) is 0. The molecule has 2 aromatic rings. The van der Waals surface area contributed by atoms with E-state index < -0.39 is 0 Å². The molecule has 0 spiro atoms. The summed E-state index contributed by atoms with van der Waals surface area (Å²) in [6.07, 6.45) is 3.91. The molecule has 0 fully saturated rings. The van der Waals surface area contributed by atoms with E-state index in [0.29, 0.717) is 5.92 Å². The highest BCUT2D eigenvalue weighted by molar-refractivity contribution is 6.33. The summed E-state index contributed by atoms with van der Waals surface area (Å²) in [5, 5.41) is 5.10. The highest BCUT2D eigenvalue weighted by Gasteiger charge is 2.05. The molecular weight excluding hydrogens is 220 g/mol. The molecular formula is C13H15ClN2. The van der Waals surface area contributed by atoms with E-state index in [1.54, 1.807) is 0 Å². The predicted molar refractivity (Wildman–Crippen MR) is 67.5 cm³/mol. The van der Waals surface area contributed by atoms with Gasteiger partial charge in [0.15, 0.2) is 0 Å². The standard InChI is InChI=1S/C13H15ClN2/c1-10(2)8-16-9-11(7-15-16)12-5-3-4-6-13(12)14/h3-7,9-10H,8H2,1-2H3. The predicted octanol–water partition coefficient (Wildman–Crippen LogP) is 3.86. The van der Waals surface area contributed by atoms with Gasteiger partial charge < -0.3 is 0 Å². The van der Waals surface area contributed by atoms with Crippen LogP contribution in [-0.4, -0.2) is 9.78 Å². The van der Waals surface area contributed by atoms with Crippen molar-refractivity contribution >= 4 is 11.6 Å². The lowest BCUT2D eigenvalue weighted by Gasteiger charge is -2.03. The lowest BCUT2D eigenvalue weighted by atomic mass is 10.1. The molecule has 0 atom stereocenters. The molecule has 84 valence electrons. The second kappa shape index (κ2) is 4.71. The fraction of sp³-hybridized carbons (Fsp3) is 0.308. The minimum absolute atomic E-state index is 0.596. The van der Waals surface area contributed by atoms with Crippen molar-refractivity contribution in [2.75, 3.05) is 0 Å². The van der Waals surface area contributed by atoms with Crippen LogP contribution in [0.5, 0.6) is 0 Å². The highest BCUT2D eigenvalue weighted by Crippen LogP contribution is 2.26. The topological polar surface area (TPSA) is 17.8 Å². The van der Waals surface area contributed by atoms with Crippen molar-refractivity contribution < 1.29 is 0 Å². The number of benzene rings is 1. The lowest BCUT2D eigenvalue weighted by Crippen LogP contribution is -2.03. The molecule has 2 nitrogen and oxygen atoms in total. The van der Waals surface area contributed by atoms with E-state index in [-0.39, 0.29) is 0 Å². The van der Waals surface area contributed by atoms with Crippen molar-refractivity contribution in [3.05, 3.63) is 41.7 Å². The zero-order valence-corrected chi connectivity index (χ0v) is 10.3. The Morgan fingerprint density at radius 1 is 1.31 bits per heavy atom. The Labute approximate surface area is 101 Å². The molecule has 3 heteroatoms. The molecule has 0 bridgehead atoms. The van der Waals surface area contributed by atoms with Gasteiger partial charge in [-0.25, -0.2) is 0 Å². The summed E-state index contributed by atoms with van der Waals surface area (Å²) in [4.78, 5) is 0. The summed E-state index contributed by atoms with van der Waals surface area (Å²) in [6, 6.07) is 7.83. The van der Waals surface area contributed by atoms with Crippen LogP contribution in [0, 0.1) is 5.92 Å². The van der Waals surface area contributed by atoms with Crippen molar-refractivity contribution in [1.29, 1.82) is 0 Å². The molecule has 0 amide bonds. The minimum atomic E-state index is 0.596. The molecule has 0 aliphatic carbocycles. The third kappa shape index (κ3) is 2.45. The summed E-state index contributed by atoms with van der Waals surface area (Å²) < 4.78 is 1.96. The van der Waals surface area contributed by atoms with Gasteiger partial charge in [-0.1, -0.05) is 43.6 Å². The van der Waals surface area contributed by atoms with Crippen LogP contribution in [0.2, 0.25) is 5.02 Å². The van der Waals surface area contributed by atoms with Crippen molar-refractivity contribution in [3.63, 3.8) is 0 Å². The van der Waals surface area contributed by atoms with E-state index in [9.17, 15) is 0 Å². The number of nitrogens with zero attached hydrogens (tertiary/aromatic N) is 2. The summed E-state index contributed by atoms with van der Waals surface area (Å²) in [6.45, 7) is 5.29. The Morgan fingerprint density at radius 3 is 2.75 bits per heavy atom. The van der Waals surface area contributed by atoms with E-state index in [1.165, 1.54) is 0 Å². The number of hydrogen-bond donors (Lipinski definition) is 0. The Bertz CT molecular complexity index is 474. The maximum Gasteiger partial charge on any atom is 0.0568 e. The zero-order chi connectivity index (χ0) is 11.5. The van der Waals surface area contributed by atoms with Crippen LogP contribution in [-0.2, 0) is 6.54 Å². The van der Waals surface area contributed by atoms with Crippen LogP contribution in [0.1, 0.15) is 13.8 Å². The summed E-state index contributed by atoms with van der Waals surface area (Å²) in [5.41, 5.74) is 2.12. The third-order valence-electron chi connectivity index (χ3n) is 2.37. The molecule has 0 aliphatic heterocycles. The number of halogens is 1. The molecule has 1 heterocycles. The van der Waals surface area contributed by atoms with Crippen LogP contribution in [0.3, 0.4) is 0 Å². The van der Waals surface area contributed by atoms with Crippen LogP contribution in [0.15, 0.2) is 36.7 Å². The molecule has 0 saturated heterocycles. The van der Waals surface area contributed by atoms with E-state index in [0.717, 1.165) is 22.7 Å². The van der Waals surface area contributed by atoms with Gasteiger partial charge in [-0.2, -0.15) is 5.10 Å². The lowest BCUT2D eigenvalue weighted by molar-refractivity contribution is 0.483. The van der Waals surface area contributed by atoms with Crippen LogP contribution in [0.4, 0.5) is 0 Å². The SMILES string of the molecule is CC(C)Cn1cc(-c2ccccc2Cl)cn1. The molecule has 1 aromatic heterocycles. The van der Waals surface area contributed by atoms with Gasteiger partial charge in [0.25, 0.3) is 0 Å². The van der Waals surface area contributed by atoms with Gasteiger partial charge in [-0.3, -0.25) is 4.68 Å². The van der Waals surface area contributed by atoms with Gasteiger partial charge in [0, 0.05) is 28.9 Å². The van der Waals surface area contributed by atoms with Crippen LogP contribution >= 0.6 is 11.6 Å². The first-order valence-corrected chi connectivity index (χ1v) is 5.82. The Morgan fingerprint density at radius 2 is 2.06 bits per heavy atom. The van der Waals surface area contributed by atoms with Gasteiger partial charge in [-0.05, 0) is 12.0 Å². The molecule has 0 unspecified atom stereocenters. The number of aromatic nitrogens is 2. The van der Waals surface area contributed by atoms with Crippen molar-refractivity contribution in [2.24, 2.45) is 5.92 Å². The first kappa shape index (κ1) is 11.2. The molecule has 1 aromatic carbocycles. The Balaban J connectivity index is 2.28. The van der Waals surface area contributed by atoms with Crippen LogP contribution in [0.25, 0.3) is 11.1 Å². The maximum atomic E-state index is 6.14. The Hall–Kier alpha value is -1.28. The van der Waals surface area contributed by atoms with Gasteiger partial charge in [0.05, 0.1) is 6.20 Å². The second-order valence-electron chi connectivity index (χ2n) is 4.32. The molecule has 0 saturated carbocycles. The van der Waals surface area contributed by atoms with E-state index in [4.69, 9.17) is 11.6 Å². The van der Waals surface area contributed by atoms with E-state index >= 15 is 0 Å². The van der Waals surface area contributed by atoms with E-state index in [2.05, 4.69) is 18.9 Å². The van der Waals surface area contributed by atoms with Crippen molar-refractivity contribution in [3.8, 4) is 11.1 Å². The molecule has 2 rings (SSSR count). The normalized spacial score (nSPS) is 11.0. The highest BCUT2D eigenvalue weighted by atomic mass is 35.5. The fourth-order valence-corrected chi connectivity index (χ4v) is 1.92. The van der Waals surface area contributed by atoms with Crippen LogP contribution < -0.4 is 0 Å². The van der Waals surface area contributed by atoms with Gasteiger partial charge in [0.2, 0.25) is 0 Å². The van der Waals surface area contributed by atoms with Gasteiger partial charge >= 0.3 is 0 Å². The van der Waals surface area contributed by atoms with Gasteiger partial charge in [0.1, 0.15) is 0 Å². The number of rotatable bonds is 3. The minimum Gasteiger partial charge on any atom is -0.272 e. The first-order chi connectivity index (χ1) is 7.66. The fourth-order valence-electron chi connectivity index (χ4n) is 1.67. The Kier molecular flexibility index (Phi) is 3.30. The maximum absolute atomic E-state index is 6.14. The average molecular weight is 235 g/mol. The summed E-state index contributed by atoms with van der Waals surface area (Å²) in [5.74, 6) is 0.596. The van der Waals surface area contributed by atoms with Crippen molar-refractivity contribution in [1.82, 2.24) is 9.78 Å². The molecule has 16 heavy (non-hydrogen) atoms. The quantitative estimate of drug-likeness (QED) is 0.789. The molecule has 0 aliphatic rings. The van der Waals surface area contributed by atoms with E-state index in [1.807, 2.05) is 41.3 Å². The second-order valence-corrected chi connectivity index (χ2v) is 4.73. The first-order valence-electron chi connectivity index (χ1n) is 5.44. The monoisotopic (exact) mass is 234 g/mol. The summed E-state index contributed by atoms with van der Waals surface area (Å²) >= 11 is 6.14.